The third-order valence-electron chi connectivity index (χ3n) is 3.14. The van der Waals surface area contributed by atoms with E-state index in [1.807, 2.05) is 12.1 Å². The van der Waals surface area contributed by atoms with E-state index < -0.39 is 6.10 Å². The van der Waals surface area contributed by atoms with E-state index in [0.29, 0.717) is 0 Å². The molecule has 1 aliphatic heterocycles. The van der Waals surface area contributed by atoms with Crippen molar-refractivity contribution in [1.29, 1.82) is 0 Å². The summed E-state index contributed by atoms with van der Waals surface area (Å²) in [6.07, 6.45) is 1.43. The number of hydrogen-bond donors (Lipinski definition) is 1. The first-order valence-corrected chi connectivity index (χ1v) is 6.45. The lowest BCUT2D eigenvalue weighted by Gasteiger charge is -2.43. The molecule has 2 heterocycles. The van der Waals surface area contributed by atoms with Gasteiger partial charge in [0.05, 0.1) is 17.8 Å². The van der Waals surface area contributed by atoms with Crippen LogP contribution >= 0.6 is 0 Å². The van der Waals surface area contributed by atoms with Crippen molar-refractivity contribution in [2.75, 3.05) is 18.0 Å². The number of aliphatic hydroxyl groups excluding tert-OH is 1. The van der Waals surface area contributed by atoms with Crippen LogP contribution in [0.4, 0.5) is 5.82 Å². The third-order valence-corrected chi connectivity index (χ3v) is 3.14. The van der Waals surface area contributed by atoms with E-state index in [0.717, 1.165) is 24.5 Å². The van der Waals surface area contributed by atoms with Gasteiger partial charge < -0.3 is 14.7 Å². The Bertz CT molecular complexity index is 418. The number of morpholine rings is 1. The highest BCUT2D eigenvalue weighted by Gasteiger charge is 2.33. The van der Waals surface area contributed by atoms with Crippen LogP contribution in [0.5, 0.6) is 0 Å². The minimum Gasteiger partial charge on any atom is -0.389 e. The fourth-order valence-electron chi connectivity index (χ4n) is 2.61. The van der Waals surface area contributed by atoms with Gasteiger partial charge in [-0.2, -0.15) is 0 Å². The summed E-state index contributed by atoms with van der Waals surface area (Å²) in [5.41, 5.74) is 0.688. The molecule has 4 nitrogen and oxygen atoms in total. The lowest BCUT2D eigenvalue weighted by Crippen LogP contribution is -2.52. The van der Waals surface area contributed by atoms with Gasteiger partial charge in [0.1, 0.15) is 5.82 Å². The molecule has 0 amide bonds. The van der Waals surface area contributed by atoms with Crippen molar-refractivity contribution in [3.8, 4) is 0 Å². The van der Waals surface area contributed by atoms with Crippen LogP contribution in [0.25, 0.3) is 0 Å². The summed E-state index contributed by atoms with van der Waals surface area (Å²) in [7, 11) is 0. The maximum atomic E-state index is 9.83. The molecular formula is C14H22N2O2. The summed E-state index contributed by atoms with van der Waals surface area (Å²) < 4.78 is 5.89. The highest BCUT2D eigenvalue weighted by Crippen LogP contribution is 2.29. The highest BCUT2D eigenvalue weighted by atomic mass is 16.5. The zero-order chi connectivity index (χ0) is 13.3. The van der Waals surface area contributed by atoms with Crippen LogP contribution in [-0.4, -0.2) is 34.9 Å². The Morgan fingerprint density at radius 1 is 1.56 bits per heavy atom. The fraction of sp³-hybridized carbons (Fsp3) is 0.643. The predicted octanol–water partition coefficient (Wildman–Crippen LogP) is 2.14. The predicted molar refractivity (Wildman–Crippen MR) is 71.7 cm³/mol. The van der Waals surface area contributed by atoms with Crippen LogP contribution in [0.2, 0.25) is 0 Å². The second-order valence-electron chi connectivity index (χ2n) is 5.66. The number of hydrogen-bond acceptors (Lipinski definition) is 4. The number of anilines is 1. The zero-order valence-corrected chi connectivity index (χ0v) is 11.6. The largest absolute Gasteiger partial charge is 0.389 e. The molecule has 4 heteroatoms. The topological polar surface area (TPSA) is 45.6 Å². The van der Waals surface area contributed by atoms with Crippen molar-refractivity contribution in [2.45, 2.75) is 45.5 Å². The smallest absolute Gasteiger partial charge is 0.134 e. The van der Waals surface area contributed by atoms with Gasteiger partial charge in [0.15, 0.2) is 0 Å². The van der Waals surface area contributed by atoms with E-state index in [1.54, 1.807) is 13.1 Å². The summed E-state index contributed by atoms with van der Waals surface area (Å²) in [4.78, 5) is 6.64. The van der Waals surface area contributed by atoms with E-state index in [9.17, 15) is 5.11 Å². The van der Waals surface area contributed by atoms with Gasteiger partial charge in [-0.15, -0.1) is 0 Å². The van der Waals surface area contributed by atoms with Gasteiger partial charge in [-0.3, -0.25) is 0 Å². The number of nitrogens with zero attached hydrogens (tertiary/aromatic N) is 2. The van der Waals surface area contributed by atoms with Gasteiger partial charge >= 0.3 is 0 Å². The van der Waals surface area contributed by atoms with Crippen molar-refractivity contribution >= 4 is 5.82 Å². The Hall–Kier alpha value is -1.13. The molecular weight excluding hydrogens is 228 g/mol. The Kier molecular flexibility index (Phi) is 3.59. The minimum atomic E-state index is -0.505. The Morgan fingerprint density at radius 2 is 2.28 bits per heavy atom. The van der Waals surface area contributed by atoms with Gasteiger partial charge in [0.25, 0.3) is 0 Å². The minimum absolute atomic E-state index is 0.164. The van der Waals surface area contributed by atoms with E-state index in [4.69, 9.17) is 4.74 Å². The molecule has 18 heavy (non-hydrogen) atoms. The fourth-order valence-corrected chi connectivity index (χ4v) is 2.61. The van der Waals surface area contributed by atoms with Gasteiger partial charge in [-0.05, 0) is 33.8 Å². The highest BCUT2D eigenvalue weighted by molar-refractivity contribution is 5.48. The van der Waals surface area contributed by atoms with Crippen molar-refractivity contribution in [1.82, 2.24) is 4.98 Å². The van der Waals surface area contributed by atoms with E-state index in [1.165, 1.54) is 0 Å². The Morgan fingerprint density at radius 3 is 2.89 bits per heavy atom. The first kappa shape index (κ1) is 13.3. The molecule has 1 saturated heterocycles. The molecule has 1 N–H and O–H groups in total. The SMILES string of the molecule is CC1CN(c2ncccc2[C@H](C)O)CC(C)(C)O1. The maximum absolute atomic E-state index is 9.83. The molecule has 1 aromatic rings. The molecule has 0 radical (unpaired) electrons. The molecule has 100 valence electrons. The average molecular weight is 250 g/mol. The van der Waals surface area contributed by atoms with Crippen LogP contribution in [0.15, 0.2) is 18.3 Å². The van der Waals surface area contributed by atoms with E-state index >= 15 is 0 Å². The second-order valence-corrected chi connectivity index (χ2v) is 5.66. The summed E-state index contributed by atoms with van der Waals surface area (Å²) in [6, 6.07) is 3.79. The lowest BCUT2D eigenvalue weighted by atomic mass is 10.0. The maximum Gasteiger partial charge on any atom is 0.134 e. The molecule has 0 aromatic carbocycles. The molecule has 0 saturated carbocycles. The number of pyridine rings is 1. The van der Waals surface area contributed by atoms with Crippen molar-refractivity contribution in [3.05, 3.63) is 23.9 Å². The quantitative estimate of drug-likeness (QED) is 0.873. The molecule has 1 fully saturated rings. The summed E-state index contributed by atoms with van der Waals surface area (Å²) in [5, 5.41) is 9.83. The normalized spacial score (nSPS) is 24.9. The number of aromatic nitrogens is 1. The number of aliphatic hydroxyl groups is 1. The standard InChI is InChI=1S/C14H22N2O2/c1-10-8-16(9-14(3,4)18-10)13-12(11(2)17)6-5-7-15-13/h5-7,10-11,17H,8-9H2,1-4H3/t10?,11-/m0/s1. The van der Waals surface area contributed by atoms with E-state index in [2.05, 4.69) is 30.7 Å². The molecule has 1 aromatic heterocycles. The van der Waals surface area contributed by atoms with Gasteiger partial charge in [0.2, 0.25) is 0 Å². The van der Waals surface area contributed by atoms with Crippen LogP contribution in [0.1, 0.15) is 39.4 Å². The van der Waals surface area contributed by atoms with Crippen LogP contribution in [0, 0.1) is 0 Å². The van der Waals surface area contributed by atoms with E-state index in [-0.39, 0.29) is 11.7 Å². The van der Waals surface area contributed by atoms with Crippen molar-refractivity contribution in [3.63, 3.8) is 0 Å². The second kappa shape index (κ2) is 4.86. The third kappa shape index (κ3) is 2.82. The van der Waals surface area contributed by atoms with Crippen LogP contribution < -0.4 is 4.90 Å². The molecule has 2 atom stereocenters. The van der Waals surface area contributed by atoms with Crippen LogP contribution in [-0.2, 0) is 4.74 Å². The van der Waals surface area contributed by atoms with Crippen LogP contribution in [0.3, 0.4) is 0 Å². The first-order valence-electron chi connectivity index (χ1n) is 6.45. The lowest BCUT2D eigenvalue weighted by molar-refractivity contribution is -0.0752. The van der Waals surface area contributed by atoms with Crippen molar-refractivity contribution in [2.24, 2.45) is 0 Å². The Labute approximate surface area is 109 Å². The summed E-state index contributed by atoms with van der Waals surface area (Å²) >= 11 is 0. The first-order chi connectivity index (χ1) is 8.39. The average Bonchev–Trinajstić information content (AvgIpc) is 2.26. The molecule has 1 aliphatic rings. The van der Waals surface area contributed by atoms with Gasteiger partial charge in [-0.25, -0.2) is 4.98 Å². The molecule has 0 aliphatic carbocycles. The van der Waals surface area contributed by atoms with Gasteiger partial charge in [0, 0.05) is 24.8 Å². The molecule has 2 rings (SSSR count). The number of ether oxygens (including phenoxy) is 1. The number of rotatable bonds is 2. The molecule has 1 unspecified atom stereocenters. The zero-order valence-electron chi connectivity index (χ0n) is 11.6. The molecule has 0 bridgehead atoms. The Balaban J connectivity index is 2.31. The molecule has 0 spiro atoms. The summed E-state index contributed by atoms with van der Waals surface area (Å²) in [5.74, 6) is 0.871. The monoisotopic (exact) mass is 250 g/mol. The summed E-state index contributed by atoms with van der Waals surface area (Å²) in [6.45, 7) is 9.60. The van der Waals surface area contributed by atoms with Gasteiger partial charge in [-0.1, -0.05) is 6.07 Å². The van der Waals surface area contributed by atoms with Crippen molar-refractivity contribution < 1.29 is 9.84 Å².